The van der Waals surface area contributed by atoms with E-state index < -0.39 is 22.0 Å². The summed E-state index contributed by atoms with van der Waals surface area (Å²) >= 11 is 0. The monoisotopic (exact) mass is 454 g/mol. The molecule has 0 aliphatic heterocycles. The molecule has 0 saturated carbocycles. The van der Waals surface area contributed by atoms with Crippen molar-refractivity contribution in [2.45, 2.75) is 44.7 Å². The maximum Gasteiger partial charge on any atom is 0.241 e. The summed E-state index contributed by atoms with van der Waals surface area (Å²) < 4.78 is 42.3. The van der Waals surface area contributed by atoms with Gasteiger partial charge in [-0.05, 0) is 61.6 Å². The van der Waals surface area contributed by atoms with Crippen LogP contribution >= 0.6 is 0 Å². The van der Waals surface area contributed by atoms with E-state index in [0.29, 0.717) is 16.7 Å². The van der Waals surface area contributed by atoms with Crippen molar-refractivity contribution >= 4 is 15.9 Å². The molecule has 32 heavy (non-hydrogen) atoms. The van der Waals surface area contributed by atoms with Gasteiger partial charge in [0, 0.05) is 6.54 Å². The van der Waals surface area contributed by atoms with Crippen LogP contribution in [0.4, 0.5) is 4.39 Å². The predicted octanol–water partition coefficient (Wildman–Crippen LogP) is 3.96. The maximum absolute atomic E-state index is 13.3. The SMILES string of the molecule is Cc1cc(C)c(S(=O)(=O)NC(Cc2ccccc2)C(=O)NCc2ccc(F)cc2)c(C)c1. The van der Waals surface area contributed by atoms with Gasteiger partial charge in [-0.15, -0.1) is 0 Å². The van der Waals surface area contributed by atoms with Crippen LogP contribution in [-0.4, -0.2) is 20.4 Å². The van der Waals surface area contributed by atoms with Gasteiger partial charge < -0.3 is 5.32 Å². The fourth-order valence-electron chi connectivity index (χ4n) is 3.79. The zero-order valence-electron chi connectivity index (χ0n) is 18.4. The third-order valence-electron chi connectivity index (χ3n) is 5.15. The number of carbonyl (C=O) groups excluding carboxylic acids is 1. The Hall–Kier alpha value is -3.03. The second-order valence-corrected chi connectivity index (χ2v) is 9.59. The van der Waals surface area contributed by atoms with Gasteiger partial charge in [0.1, 0.15) is 11.9 Å². The molecule has 2 N–H and O–H groups in total. The van der Waals surface area contributed by atoms with Crippen molar-refractivity contribution in [3.05, 3.63) is 100 Å². The fraction of sp³-hybridized carbons (Fsp3) is 0.240. The number of hydrogen-bond donors (Lipinski definition) is 2. The van der Waals surface area contributed by atoms with E-state index in [9.17, 15) is 17.6 Å². The smallest absolute Gasteiger partial charge is 0.241 e. The minimum Gasteiger partial charge on any atom is -0.351 e. The van der Waals surface area contributed by atoms with Crippen molar-refractivity contribution < 1.29 is 17.6 Å². The van der Waals surface area contributed by atoms with Crippen molar-refractivity contribution in [1.82, 2.24) is 10.0 Å². The van der Waals surface area contributed by atoms with Gasteiger partial charge in [0.25, 0.3) is 0 Å². The Kier molecular flexibility index (Phi) is 7.43. The van der Waals surface area contributed by atoms with E-state index in [4.69, 9.17) is 0 Å². The van der Waals surface area contributed by atoms with Gasteiger partial charge >= 0.3 is 0 Å². The molecule has 0 heterocycles. The van der Waals surface area contributed by atoms with E-state index in [1.54, 1.807) is 26.0 Å². The minimum atomic E-state index is -3.95. The number of benzene rings is 3. The molecule has 0 bridgehead atoms. The highest BCUT2D eigenvalue weighted by atomic mass is 32.2. The first-order valence-electron chi connectivity index (χ1n) is 10.3. The second kappa shape index (κ2) is 10.1. The first-order chi connectivity index (χ1) is 15.2. The molecular formula is C25H27FN2O3S. The quantitative estimate of drug-likeness (QED) is 0.541. The maximum atomic E-state index is 13.3. The first-order valence-corrected chi connectivity index (χ1v) is 11.8. The van der Waals surface area contributed by atoms with Crippen molar-refractivity contribution in [2.24, 2.45) is 0 Å². The van der Waals surface area contributed by atoms with Gasteiger partial charge in [0.15, 0.2) is 0 Å². The third-order valence-corrected chi connectivity index (χ3v) is 6.93. The van der Waals surface area contributed by atoms with Crippen LogP contribution in [0, 0.1) is 26.6 Å². The highest BCUT2D eigenvalue weighted by Gasteiger charge is 2.28. The Morgan fingerprint density at radius 1 is 0.906 bits per heavy atom. The molecular weight excluding hydrogens is 427 g/mol. The van der Waals surface area contributed by atoms with Crippen molar-refractivity contribution in [2.75, 3.05) is 0 Å². The molecule has 1 atom stereocenters. The lowest BCUT2D eigenvalue weighted by molar-refractivity contribution is -0.122. The van der Waals surface area contributed by atoms with E-state index in [1.807, 2.05) is 49.4 Å². The molecule has 0 aliphatic rings. The van der Waals surface area contributed by atoms with Crippen LogP contribution in [0.1, 0.15) is 27.8 Å². The summed E-state index contributed by atoms with van der Waals surface area (Å²) in [5, 5.41) is 2.76. The predicted molar refractivity (Wildman–Crippen MR) is 123 cm³/mol. The lowest BCUT2D eigenvalue weighted by Crippen LogP contribution is -2.48. The highest BCUT2D eigenvalue weighted by Crippen LogP contribution is 2.22. The van der Waals surface area contributed by atoms with Crippen LogP contribution in [0.15, 0.2) is 71.6 Å². The summed E-state index contributed by atoms with van der Waals surface area (Å²) in [5.41, 5.74) is 3.76. The molecule has 5 nitrogen and oxygen atoms in total. The average molecular weight is 455 g/mol. The zero-order chi connectivity index (χ0) is 23.3. The standard InChI is InChI=1S/C25H27FN2O3S/c1-17-13-18(2)24(19(3)14-17)32(30,31)28-23(15-20-7-5-4-6-8-20)25(29)27-16-21-9-11-22(26)12-10-21/h4-14,23,28H,15-16H2,1-3H3,(H,27,29). The summed E-state index contributed by atoms with van der Waals surface area (Å²) in [6.07, 6.45) is 0.194. The van der Waals surface area contributed by atoms with Crippen molar-refractivity contribution in [1.29, 1.82) is 0 Å². The number of amides is 1. The number of sulfonamides is 1. The molecule has 0 fully saturated rings. The first kappa shape index (κ1) is 23.6. The molecule has 3 rings (SSSR count). The van der Waals surface area contributed by atoms with Crippen molar-refractivity contribution in [3.8, 4) is 0 Å². The Morgan fingerprint density at radius 2 is 1.50 bits per heavy atom. The number of rotatable bonds is 8. The van der Waals surface area contributed by atoms with Crippen LogP contribution in [-0.2, 0) is 27.8 Å². The number of carbonyl (C=O) groups is 1. The van der Waals surface area contributed by atoms with Gasteiger partial charge in [-0.3, -0.25) is 4.79 Å². The van der Waals surface area contributed by atoms with Gasteiger partial charge in [0.2, 0.25) is 15.9 Å². The number of hydrogen-bond acceptors (Lipinski definition) is 3. The van der Waals surface area contributed by atoms with Gasteiger partial charge in [0.05, 0.1) is 4.90 Å². The third kappa shape index (κ3) is 6.02. The Bertz CT molecular complexity index is 1170. The zero-order valence-corrected chi connectivity index (χ0v) is 19.2. The molecule has 0 spiro atoms. The van der Waals surface area contributed by atoms with Crippen LogP contribution in [0.25, 0.3) is 0 Å². The highest BCUT2D eigenvalue weighted by molar-refractivity contribution is 7.89. The normalized spacial score (nSPS) is 12.4. The number of halogens is 1. The summed E-state index contributed by atoms with van der Waals surface area (Å²) in [7, 11) is -3.95. The average Bonchev–Trinajstić information content (AvgIpc) is 2.72. The minimum absolute atomic E-state index is 0.161. The Morgan fingerprint density at radius 3 is 2.09 bits per heavy atom. The van der Waals surface area contributed by atoms with E-state index >= 15 is 0 Å². The summed E-state index contributed by atoms with van der Waals surface area (Å²) in [4.78, 5) is 13.2. The van der Waals surface area contributed by atoms with Gasteiger partial charge in [-0.25, -0.2) is 12.8 Å². The molecule has 0 aliphatic carbocycles. The van der Waals surface area contributed by atoms with Gasteiger partial charge in [-0.1, -0.05) is 60.2 Å². The molecule has 1 unspecified atom stereocenters. The Labute approximate surface area is 188 Å². The fourth-order valence-corrected chi connectivity index (χ4v) is 5.44. The van der Waals surface area contributed by atoms with Crippen molar-refractivity contribution in [3.63, 3.8) is 0 Å². The summed E-state index contributed by atoms with van der Waals surface area (Å²) in [6.45, 7) is 5.56. The Balaban J connectivity index is 1.85. The summed E-state index contributed by atoms with van der Waals surface area (Å²) in [5.74, 6) is -0.817. The van der Waals surface area contributed by atoms with Crippen LogP contribution < -0.4 is 10.0 Å². The molecule has 168 valence electrons. The lowest BCUT2D eigenvalue weighted by Gasteiger charge is -2.21. The summed E-state index contributed by atoms with van der Waals surface area (Å²) in [6, 6.07) is 17.6. The lowest BCUT2D eigenvalue weighted by atomic mass is 10.1. The van der Waals surface area contributed by atoms with Crippen LogP contribution in [0.2, 0.25) is 0 Å². The topological polar surface area (TPSA) is 75.3 Å². The molecule has 3 aromatic rings. The number of nitrogens with one attached hydrogen (secondary N) is 2. The second-order valence-electron chi connectivity index (χ2n) is 7.94. The molecule has 3 aromatic carbocycles. The van der Waals surface area contributed by atoms with E-state index in [-0.39, 0.29) is 23.7 Å². The van der Waals surface area contributed by atoms with Gasteiger partial charge in [-0.2, -0.15) is 4.72 Å². The molecule has 1 amide bonds. The van der Waals surface area contributed by atoms with Crippen LogP contribution in [0.5, 0.6) is 0 Å². The van der Waals surface area contributed by atoms with E-state index in [0.717, 1.165) is 11.1 Å². The van der Waals surface area contributed by atoms with E-state index in [2.05, 4.69) is 10.0 Å². The number of aryl methyl sites for hydroxylation is 3. The largest absolute Gasteiger partial charge is 0.351 e. The molecule has 7 heteroatoms. The van der Waals surface area contributed by atoms with Crippen LogP contribution in [0.3, 0.4) is 0 Å². The molecule has 0 radical (unpaired) electrons. The van der Waals surface area contributed by atoms with E-state index in [1.165, 1.54) is 12.1 Å². The molecule has 0 aromatic heterocycles. The molecule has 0 saturated heterocycles.